The maximum absolute atomic E-state index is 5.70. The molecular formula is C10H8BrNS. The van der Waals surface area contributed by atoms with Crippen molar-refractivity contribution in [2.24, 2.45) is 0 Å². The Labute approximate surface area is 89.3 Å². The molecule has 1 aromatic carbocycles. The van der Waals surface area contributed by atoms with E-state index in [-0.39, 0.29) is 0 Å². The summed E-state index contributed by atoms with van der Waals surface area (Å²) in [6, 6.07) is 9.95. The molecule has 0 spiro atoms. The maximum Gasteiger partial charge on any atom is 0.0485 e. The first-order valence-electron chi connectivity index (χ1n) is 3.86. The van der Waals surface area contributed by atoms with Gasteiger partial charge < -0.3 is 5.73 Å². The number of hydrogen-bond donors (Lipinski definition) is 1. The minimum atomic E-state index is 0.804. The Kier molecular flexibility index (Phi) is 2.38. The Morgan fingerprint density at radius 2 is 2.08 bits per heavy atom. The lowest BCUT2D eigenvalue weighted by Gasteiger charge is -1.99. The minimum Gasteiger partial charge on any atom is -0.399 e. The molecule has 13 heavy (non-hydrogen) atoms. The van der Waals surface area contributed by atoms with E-state index in [1.807, 2.05) is 24.3 Å². The van der Waals surface area contributed by atoms with Gasteiger partial charge in [-0.25, -0.2) is 0 Å². The van der Waals surface area contributed by atoms with E-state index in [0.29, 0.717) is 0 Å². The highest BCUT2D eigenvalue weighted by atomic mass is 79.9. The molecule has 0 aliphatic carbocycles. The molecule has 1 heterocycles. The second-order valence-electron chi connectivity index (χ2n) is 2.72. The average Bonchev–Trinajstić information content (AvgIpc) is 2.51. The van der Waals surface area contributed by atoms with Crippen molar-refractivity contribution in [3.63, 3.8) is 0 Å². The first-order chi connectivity index (χ1) is 6.27. The van der Waals surface area contributed by atoms with Crippen molar-refractivity contribution in [2.45, 2.75) is 0 Å². The van der Waals surface area contributed by atoms with E-state index in [4.69, 9.17) is 5.73 Å². The lowest BCUT2D eigenvalue weighted by Crippen LogP contribution is -1.83. The van der Waals surface area contributed by atoms with Crippen LogP contribution in [0, 0.1) is 0 Å². The fourth-order valence-electron chi connectivity index (χ4n) is 1.18. The van der Waals surface area contributed by atoms with Crippen molar-refractivity contribution in [3.8, 4) is 10.4 Å². The minimum absolute atomic E-state index is 0.804. The van der Waals surface area contributed by atoms with Gasteiger partial charge in [0.1, 0.15) is 0 Å². The van der Waals surface area contributed by atoms with E-state index >= 15 is 0 Å². The fourth-order valence-corrected chi connectivity index (χ4v) is 2.78. The van der Waals surface area contributed by atoms with E-state index in [2.05, 4.69) is 27.4 Å². The second-order valence-corrected chi connectivity index (χ2v) is 4.49. The van der Waals surface area contributed by atoms with Gasteiger partial charge in [0.2, 0.25) is 0 Å². The highest BCUT2D eigenvalue weighted by molar-refractivity contribution is 9.10. The molecule has 0 saturated carbocycles. The molecule has 3 heteroatoms. The largest absolute Gasteiger partial charge is 0.399 e. The highest BCUT2D eigenvalue weighted by Crippen LogP contribution is 2.33. The van der Waals surface area contributed by atoms with Gasteiger partial charge in [-0.05, 0) is 45.1 Å². The molecule has 66 valence electrons. The molecule has 2 rings (SSSR count). The quantitative estimate of drug-likeness (QED) is 0.770. The molecule has 0 atom stereocenters. The van der Waals surface area contributed by atoms with Gasteiger partial charge in [0.15, 0.2) is 0 Å². The molecule has 1 nitrogen and oxygen atoms in total. The molecule has 0 radical (unpaired) electrons. The smallest absolute Gasteiger partial charge is 0.0485 e. The Morgan fingerprint density at radius 1 is 1.23 bits per heavy atom. The summed E-state index contributed by atoms with van der Waals surface area (Å²) in [4.78, 5) is 1.23. The van der Waals surface area contributed by atoms with Crippen LogP contribution < -0.4 is 5.73 Å². The first kappa shape index (κ1) is 8.78. The molecule has 0 aliphatic rings. The average molecular weight is 254 g/mol. The van der Waals surface area contributed by atoms with Gasteiger partial charge in [-0.3, -0.25) is 0 Å². The predicted molar refractivity (Wildman–Crippen MR) is 61.9 cm³/mol. The molecule has 2 N–H and O–H groups in total. The van der Waals surface area contributed by atoms with Crippen LogP contribution in [-0.4, -0.2) is 0 Å². The molecule has 0 amide bonds. The normalized spacial score (nSPS) is 10.2. The van der Waals surface area contributed by atoms with Gasteiger partial charge in [0.25, 0.3) is 0 Å². The zero-order valence-electron chi connectivity index (χ0n) is 6.83. The third kappa shape index (κ3) is 1.76. The van der Waals surface area contributed by atoms with Crippen LogP contribution >= 0.6 is 27.3 Å². The number of hydrogen-bond acceptors (Lipinski definition) is 2. The topological polar surface area (TPSA) is 26.0 Å². The molecule has 0 aliphatic heterocycles. The molecule has 1 aromatic heterocycles. The van der Waals surface area contributed by atoms with Crippen LogP contribution in [0.25, 0.3) is 10.4 Å². The number of thiophene rings is 1. The summed E-state index contributed by atoms with van der Waals surface area (Å²) in [6.07, 6.45) is 0. The van der Waals surface area contributed by atoms with Gasteiger partial charge in [-0.2, -0.15) is 0 Å². The van der Waals surface area contributed by atoms with Crippen LogP contribution in [0.15, 0.2) is 40.2 Å². The Morgan fingerprint density at radius 3 is 2.69 bits per heavy atom. The van der Waals surface area contributed by atoms with Crippen LogP contribution in [0.1, 0.15) is 0 Å². The van der Waals surface area contributed by atoms with Gasteiger partial charge in [0, 0.05) is 15.0 Å². The molecule has 0 saturated heterocycles. The summed E-state index contributed by atoms with van der Waals surface area (Å²) >= 11 is 5.21. The number of rotatable bonds is 1. The Hall–Kier alpha value is -0.800. The number of anilines is 1. The Balaban J connectivity index is 2.53. The molecule has 2 aromatic rings. The number of halogens is 1. The summed E-state index contributed by atoms with van der Waals surface area (Å²) in [6.45, 7) is 0. The zero-order chi connectivity index (χ0) is 9.26. The van der Waals surface area contributed by atoms with E-state index in [1.165, 1.54) is 10.4 Å². The van der Waals surface area contributed by atoms with Gasteiger partial charge in [0.05, 0.1) is 0 Å². The van der Waals surface area contributed by atoms with E-state index in [9.17, 15) is 0 Å². The lowest BCUT2D eigenvalue weighted by molar-refractivity contribution is 1.66. The SMILES string of the molecule is Nc1cccc(-c2sccc2Br)c1. The van der Waals surface area contributed by atoms with Crippen molar-refractivity contribution >= 4 is 33.0 Å². The van der Waals surface area contributed by atoms with Crippen molar-refractivity contribution in [2.75, 3.05) is 5.73 Å². The predicted octanol–water partition coefficient (Wildman–Crippen LogP) is 3.76. The van der Waals surface area contributed by atoms with Gasteiger partial charge in [-0.1, -0.05) is 12.1 Å². The highest BCUT2D eigenvalue weighted by Gasteiger charge is 2.03. The summed E-state index contributed by atoms with van der Waals surface area (Å²) in [5.74, 6) is 0. The van der Waals surface area contributed by atoms with Crippen molar-refractivity contribution in [3.05, 3.63) is 40.2 Å². The summed E-state index contributed by atoms with van der Waals surface area (Å²) in [7, 11) is 0. The van der Waals surface area contributed by atoms with E-state index in [0.717, 1.165) is 10.2 Å². The summed E-state index contributed by atoms with van der Waals surface area (Å²) < 4.78 is 1.13. The standard InChI is InChI=1S/C10H8BrNS/c11-9-4-5-13-10(9)7-2-1-3-8(12)6-7/h1-6H,12H2. The first-order valence-corrected chi connectivity index (χ1v) is 5.53. The van der Waals surface area contributed by atoms with Crippen LogP contribution in [0.2, 0.25) is 0 Å². The van der Waals surface area contributed by atoms with Gasteiger partial charge >= 0.3 is 0 Å². The number of nitrogens with two attached hydrogens (primary N) is 1. The third-order valence-corrected chi connectivity index (χ3v) is 3.65. The van der Waals surface area contributed by atoms with Crippen LogP contribution in [0.3, 0.4) is 0 Å². The van der Waals surface area contributed by atoms with Crippen molar-refractivity contribution in [1.29, 1.82) is 0 Å². The van der Waals surface area contributed by atoms with Crippen molar-refractivity contribution < 1.29 is 0 Å². The summed E-state index contributed by atoms with van der Waals surface area (Å²) in [5, 5.41) is 2.06. The zero-order valence-corrected chi connectivity index (χ0v) is 9.23. The van der Waals surface area contributed by atoms with Crippen molar-refractivity contribution in [1.82, 2.24) is 0 Å². The second kappa shape index (κ2) is 3.52. The summed E-state index contributed by atoms with van der Waals surface area (Å²) in [5.41, 5.74) is 7.68. The van der Waals surface area contributed by atoms with Crippen LogP contribution in [-0.2, 0) is 0 Å². The lowest BCUT2D eigenvalue weighted by atomic mass is 10.2. The molecule has 0 bridgehead atoms. The van der Waals surface area contributed by atoms with Crippen LogP contribution in [0.5, 0.6) is 0 Å². The van der Waals surface area contributed by atoms with Gasteiger partial charge in [-0.15, -0.1) is 11.3 Å². The van der Waals surface area contributed by atoms with Crippen LogP contribution in [0.4, 0.5) is 5.69 Å². The Bertz CT molecular complexity index is 422. The monoisotopic (exact) mass is 253 g/mol. The van der Waals surface area contributed by atoms with E-state index in [1.54, 1.807) is 11.3 Å². The molecule has 0 unspecified atom stereocenters. The third-order valence-electron chi connectivity index (χ3n) is 1.77. The number of benzene rings is 1. The molecule has 0 fully saturated rings. The maximum atomic E-state index is 5.70. The molecular weight excluding hydrogens is 246 g/mol. The number of nitrogen functional groups attached to an aromatic ring is 1. The fraction of sp³-hybridized carbons (Fsp3) is 0. The van der Waals surface area contributed by atoms with E-state index < -0.39 is 0 Å².